The number of carboxylic acid groups (broad SMARTS) is 1. The number of nitriles is 1. The van der Waals surface area contributed by atoms with Crippen molar-refractivity contribution in [3.63, 3.8) is 0 Å². The standard InChI is InChI=1S/C10H8N2O4/c1-5-6(2)9(15)12(4-8(13)14)10(16)7(5)3-11/h2,4H2,1H3,(H,13,14). The molecule has 1 heterocycles. The maximum Gasteiger partial charge on any atom is 0.323 e. The Kier molecular flexibility index (Phi) is 2.90. The van der Waals surface area contributed by atoms with Gasteiger partial charge in [0, 0.05) is 5.57 Å². The Morgan fingerprint density at radius 3 is 2.50 bits per heavy atom. The van der Waals surface area contributed by atoms with Gasteiger partial charge in [-0.05, 0) is 12.5 Å². The second-order valence-corrected chi connectivity index (χ2v) is 3.18. The first-order valence-electron chi connectivity index (χ1n) is 4.28. The summed E-state index contributed by atoms with van der Waals surface area (Å²) < 4.78 is 0. The third kappa shape index (κ3) is 1.70. The third-order valence-corrected chi connectivity index (χ3v) is 2.20. The molecule has 6 heteroatoms. The molecule has 0 aromatic rings. The van der Waals surface area contributed by atoms with Crippen molar-refractivity contribution < 1.29 is 19.5 Å². The number of carbonyl (C=O) groups is 3. The number of hydrogen-bond acceptors (Lipinski definition) is 4. The summed E-state index contributed by atoms with van der Waals surface area (Å²) in [5.41, 5.74) is -0.0811. The van der Waals surface area contributed by atoms with Crippen LogP contribution in [0.1, 0.15) is 6.92 Å². The molecule has 0 fully saturated rings. The predicted molar refractivity (Wildman–Crippen MR) is 51.8 cm³/mol. The summed E-state index contributed by atoms with van der Waals surface area (Å²) in [6.07, 6.45) is 0. The quantitative estimate of drug-likeness (QED) is 0.514. The summed E-state index contributed by atoms with van der Waals surface area (Å²) in [5, 5.41) is 17.3. The van der Waals surface area contributed by atoms with Gasteiger partial charge in [-0.3, -0.25) is 19.3 Å². The smallest absolute Gasteiger partial charge is 0.323 e. The van der Waals surface area contributed by atoms with Crippen LogP contribution in [0.5, 0.6) is 0 Å². The lowest BCUT2D eigenvalue weighted by Gasteiger charge is -2.25. The summed E-state index contributed by atoms with van der Waals surface area (Å²) in [7, 11) is 0. The molecule has 82 valence electrons. The SMILES string of the molecule is C=C1C(=O)N(CC(=O)O)C(=O)C(C#N)=C1C. The minimum atomic E-state index is -1.33. The molecular formula is C10H8N2O4. The molecule has 0 unspecified atom stereocenters. The Morgan fingerprint density at radius 2 is 2.06 bits per heavy atom. The number of rotatable bonds is 2. The van der Waals surface area contributed by atoms with E-state index in [0.717, 1.165) is 0 Å². The van der Waals surface area contributed by atoms with Gasteiger partial charge in [0.05, 0.1) is 0 Å². The van der Waals surface area contributed by atoms with E-state index in [9.17, 15) is 14.4 Å². The fourth-order valence-electron chi connectivity index (χ4n) is 1.27. The Bertz CT molecular complexity index is 482. The molecule has 0 aliphatic carbocycles. The molecule has 0 aromatic heterocycles. The molecule has 6 nitrogen and oxygen atoms in total. The van der Waals surface area contributed by atoms with Gasteiger partial charge >= 0.3 is 5.97 Å². The second-order valence-electron chi connectivity index (χ2n) is 3.18. The molecule has 1 N–H and O–H groups in total. The van der Waals surface area contributed by atoms with E-state index in [1.165, 1.54) is 6.92 Å². The van der Waals surface area contributed by atoms with Crippen molar-refractivity contribution in [3.8, 4) is 6.07 Å². The zero-order valence-electron chi connectivity index (χ0n) is 8.48. The van der Waals surface area contributed by atoms with E-state index >= 15 is 0 Å². The number of carboxylic acids is 1. The summed E-state index contributed by atoms with van der Waals surface area (Å²) in [6.45, 7) is 4.08. The minimum absolute atomic E-state index is 0.0302. The van der Waals surface area contributed by atoms with Gasteiger partial charge in [-0.2, -0.15) is 5.26 Å². The average molecular weight is 220 g/mol. The first kappa shape index (κ1) is 11.7. The number of hydrogen-bond donors (Lipinski definition) is 1. The number of nitrogens with zero attached hydrogens (tertiary/aromatic N) is 2. The molecule has 0 saturated carbocycles. The number of amides is 2. The van der Waals surface area contributed by atoms with Gasteiger partial charge in [0.1, 0.15) is 18.2 Å². The van der Waals surface area contributed by atoms with Crippen molar-refractivity contribution in [2.24, 2.45) is 0 Å². The Labute approximate surface area is 91.1 Å². The highest BCUT2D eigenvalue weighted by atomic mass is 16.4. The largest absolute Gasteiger partial charge is 0.480 e. The molecule has 0 saturated heterocycles. The van der Waals surface area contributed by atoms with Crippen molar-refractivity contribution in [1.29, 1.82) is 5.26 Å². The highest BCUT2D eigenvalue weighted by molar-refractivity contribution is 6.18. The predicted octanol–water partition coefficient (Wildman–Crippen LogP) is -0.164. The lowest BCUT2D eigenvalue weighted by Crippen LogP contribution is -2.45. The van der Waals surface area contributed by atoms with E-state index in [1.54, 1.807) is 6.07 Å². The number of aliphatic carboxylic acids is 1. The lowest BCUT2D eigenvalue weighted by molar-refractivity contribution is -0.149. The van der Waals surface area contributed by atoms with E-state index in [4.69, 9.17) is 10.4 Å². The van der Waals surface area contributed by atoms with E-state index in [1.807, 2.05) is 0 Å². The average Bonchev–Trinajstić information content (AvgIpc) is 2.22. The third-order valence-electron chi connectivity index (χ3n) is 2.20. The van der Waals surface area contributed by atoms with Crippen molar-refractivity contribution in [1.82, 2.24) is 4.90 Å². The molecule has 1 aliphatic heterocycles. The molecule has 16 heavy (non-hydrogen) atoms. The van der Waals surface area contributed by atoms with Crippen molar-refractivity contribution in [2.75, 3.05) is 6.54 Å². The van der Waals surface area contributed by atoms with Crippen LogP contribution in [0, 0.1) is 11.3 Å². The normalized spacial score (nSPS) is 16.5. The van der Waals surface area contributed by atoms with E-state index < -0.39 is 24.3 Å². The zero-order valence-corrected chi connectivity index (χ0v) is 8.48. The highest BCUT2D eigenvalue weighted by Gasteiger charge is 2.35. The van der Waals surface area contributed by atoms with E-state index in [0.29, 0.717) is 4.90 Å². The van der Waals surface area contributed by atoms with Gasteiger partial charge in [0.2, 0.25) is 0 Å². The fraction of sp³-hybridized carbons (Fsp3) is 0.200. The second kappa shape index (κ2) is 3.98. The molecule has 0 bridgehead atoms. The van der Waals surface area contributed by atoms with Crippen LogP contribution in [0.4, 0.5) is 0 Å². The molecule has 0 spiro atoms. The molecule has 1 rings (SSSR count). The van der Waals surface area contributed by atoms with E-state index in [-0.39, 0.29) is 16.7 Å². The summed E-state index contributed by atoms with van der Waals surface area (Å²) in [6, 6.07) is 1.64. The summed E-state index contributed by atoms with van der Waals surface area (Å²) in [4.78, 5) is 34.1. The molecule has 0 aromatic carbocycles. The summed E-state index contributed by atoms with van der Waals surface area (Å²) >= 11 is 0. The Hall–Kier alpha value is -2.42. The number of carbonyl (C=O) groups excluding carboxylic acids is 2. The molecule has 0 atom stereocenters. The van der Waals surface area contributed by atoms with Crippen LogP contribution < -0.4 is 0 Å². The van der Waals surface area contributed by atoms with Crippen LogP contribution in [-0.2, 0) is 14.4 Å². The molecule has 1 aliphatic rings. The van der Waals surface area contributed by atoms with Gasteiger partial charge in [0.25, 0.3) is 11.8 Å². The van der Waals surface area contributed by atoms with E-state index in [2.05, 4.69) is 6.58 Å². The zero-order chi connectivity index (χ0) is 12.5. The fourth-order valence-corrected chi connectivity index (χ4v) is 1.27. The van der Waals surface area contributed by atoms with Crippen LogP contribution in [0.2, 0.25) is 0 Å². The number of imide groups is 1. The minimum Gasteiger partial charge on any atom is -0.480 e. The van der Waals surface area contributed by atoms with Crippen LogP contribution >= 0.6 is 0 Å². The van der Waals surface area contributed by atoms with Gasteiger partial charge in [-0.1, -0.05) is 6.58 Å². The summed E-state index contributed by atoms with van der Waals surface area (Å²) in [5.74, 6) is -2.99. The monoisotopic (exact) mass is 220 g/mol. The topological polar surface area (TPSA) is 98.5 Å². The molecule has 0 radical (unpaired) electrons. The van der Waals surface area contributed by atoms with Crippen molar-refractivity contribution in [2.45, 2.75) is 6.92 Å². The first-order chi connectivity index (χ1) is 7.40. The van der Waals surface area contributed by atoms with Crippen LogP contribution in [-0.4, -0.2) is 34.3 Å². The van der Waals surface area contributed by atoms with Crippen LogP contribution in [0.25, 0.3) is 0 Å². The Balaban J connectivity index is 3.24. The molecule has 2 amide bonds. The van der Waals surface area contributed by atoms with Gasteiger partial charge < -0.3 is 5.11 Å². The molecular weight excluding hydrogens is 212 g/mol. The van der Waals surface area contributed by atoms with Gasteiger partial charge in [0.15, 0.2) is 0 Å². The van der Waals surface area contributed by atoms with Crippen molar-refractivity contribution in [3.05, 3.63) is 23.3 Å². The Morgan fingerprint density at radius 1 is 1.50 bits per heavy atom. The maximum absolute atomic E-state index is 11.6. The highest BCUT2D eigenvalue weighted by Crippen LogP contribution is 2.23. The van der Waals surface area contributed by atoms with Gasteiger partial charge in [-0.25, -0.2) is 0 Å². The van der Waals surface area contributed by atoms with Crippen molar-refractivity contribution >= 4 is 17.8 Å². The maximum atomic E-state index is 11.6. The van der Waals surface area contributed by atoms with Crippen LogP contribution in [0.3, 0.4) is 0 Å². The lowest BCUT2D eigenvalue weighted by atomic mass is 9.97. The van der Waals surface area contributed by atoms with Gasteiger partial charge in [-0.15, -0.1) is 0 Å². The first-order valence-corrected chi connectivity index (χ1v) is 4.28. The van der Waals surface area contributed by atoms with Crippen LogP contribution in [0.15, 0.2) is 23.3 Å².